The molecule has 4 N–H and O–H groups in total. The minimum atomic E-state index is -0.439. The summed E-state index contributed by atoms with van der Waals surface area (Å²) in [5, 5.41) is 14.4. The Balaban J connectivity index is 1.45. The monoisotopic (exact) mass is 445 g/mol. The average molecular weight is 445 g/mol. The number of benzene rings is 2. The van der Waals surface area contributed by atoms with E-state index < -0.39 is 5.91 Å². The summed E-state index contributed by atoms with van der Waals surface area (Å²) in [6, 6.07) is 17.2. The van der Waals surface area contributed by atoms with Crippen LogP contribution in [0.15, 0.2) is 60.9 Å². The van der Waals surface area contributed by atoms with Gasteiger partial charge in [0.2, 0.25) is 0 Å². The van der Waals surface area contributed by atoms with Gasteiger partial charge in [-0.05, 0) is 42.8 Å². The number of hydrogen-bond donors (Lipinski definition) is 3. The van der Waals surface area contributed by atoms with E-state index in [1.165, 1.54) is 6.33 Å². The number of likely N-dealkylation sites (tertiary alicyclic amines) is 1. The largest absolute Gasteiger partial charge is 0.457 e. The van der Waals surface area contributed by atoms with Gasteiger partial charge in [0.15, 0.2) is 5.65 Å². The van der Waals surface area contributed by atoms with E-state index in [-0.39, 0.29) is 12.6 Å². The van der Waals surface area contributed by atoms with Crippen LogP contribution in [-0.2, 0) is 4.79 Å². The van der Waals surface area contributed by atoms with Crippen LogP contribution in [0.4, 0.5) is 5.82 Å². The standard InChI is InChI=1S/C23H23N7O3/c24-22-20-21(15-6-8-18(9-7-15)33-17-4-2-1-3-5-17)27-30(23(20)26-14-25-22)16-10-11-29(12-16)13-19(31)28-32/h1-9,14,16,32H,10-13H2,(H,28,31)(H2,24,25,26). The van der Waals surface area contributed by atoms with Gasteiger partial charge < -0.3 is 10.5 Å². The third-order valence-corrected chi connectivity index (χ3v) is 5.71. The van der Waals surface area contributed by atoms with Crippen molar-refractivity contribution in [1.29, 1.82) is 0 Å². The first-order valence-electron chi connectivity index (χ1n) is 10.6. The topological polar surface area (TPSA) is 131 Å². The molecule has 1 aliphatic heterocycles. The lowest BCUT2D eigenvalue weighted by atomic mass is 10.1. The first kappa shape index (κ1) is 20.9. The number of hydrogen-bond acceptors (Lipinski definition) is 8. The molecule has 1 unspecified atom stereocenters. The van der Waals surface area contributed by atoms with Crippen LogP contribution >= 0.6 is 0 Å². The van der Waals surface area contributed by atoms with Gasteiger partial charge >= 0.3 is 0 Å². The number of anilines is 1. The number of ether oxygens (including phenoxy) is 1. The van der Waals surface area contributed by atoms with E-state index in [4.69, 9.17) is 20.8 Å². The smallest absolute Gasteiger partial charge is 0.257 e. The summed E-state index contributed by atoms with van der Waals surface area (Å²) in [6.07, 6.45) is 2.23. The highest BCUT2D eigenvalue weighted by Crippen LogP contribution is 2.34. The van der Waals surface area contributed by atoms with E-state index in [0.717, 1.165) is 17.7 Å². The Morgan fingerprint density at radius 2 is 1.88 bits per heavy atom. The number of nitrogens with one attached hydrogen (secondary N) is 1. The zero-order valence-electron chi connectivity index (χ0n) is 17.8. The lowest BCUT2D eigenvalue weighted by Crippen LogP contribution is -2.34. The fraction of sp³-hybridized carbons (Fsp3) is 0.217. The predicted molar refractivity (Wildman–Crippen MR) is 122 cm³/mol. The number of aromatic nitrogens is 4. The second-order valence-corrected chi connectivity index (χ2v) is 7.90. The zero-order chi connectivity index (χ0) is 22.8. The first-order chi connectivity index (χ1) is 16.1. The van der Waals surface area contributed by atoms with Crippen molar-refractivity contribution in [2.75, 3.05) is 25.4 Å². The van der Waals surface area contributed by atoms with Crippen molar-refractivity contribution in [2.24, 2.45) is 0 Å². The van der Waals surface area contributed by atoms with E-state index in [1.54, 1.807) is 5.48 Å². The molecule has 0 spiro atoms. The second kappa shape index (κ2) is 8.85. The number of carbonyl (C=O) groups is 1. The minimum absolute atomic E-state index is 0.0164. The van der Waals surface area contributed by atoms with Crippen molar-refractivity contribution >= 4 is 22.8 Å². The molecule has 1 aliphatic rings. The molecular formula is C23H23N7O3. The Hall–Kier alpha value is -4.02. The molecule has 1 fully saturated rings. The van der Waals surface area contributed by atoms with Crippen LogP contribution in [0, 0.1) is 0 Å². The molecular weight excluding hydrogens is 422 g/mol. The maximum atomic E-state index is 11.5. The van der Waals surface area contributed by atoms with Crippen LogP contribution < -0.4 is 16.0 Å². The molecule has 2 aromatic carbocycles. The Kier molecular flexibility index (Phi) is 5.59. The number of carbonyl (C=O) groups excluding carboxylic acids is 1. The lowest BCUT2D eigenvalue weighted by Gasteiger charge is -2.15. The molecule has 5 rings (SSSR count). The highest BCUT2D eigenvalue weighted by atomic mass is 16.5. The van der Waals surface area contributed by atoms with Crippen molar-refractivity contribution in [2.45, 2.75) is 12.5 Å². The molecule has 0 saturated carbocycles. The van der Waals surface area contributed by atoms with Gasteiger partial charge in [-0.25, -0.2) is 20.1 Å². The van der Waals surface area contributed by atoms with Gasteiger partial charge in [0.05, 0.1) is 18.0 Å². The summed E-state index contributed by atoms with van der Waals surface area (Å²) in [4.78, 5) is 22.1. The highest BCUT2D eigenvalue weighted by molar-refractivity contribution is 5.98. The fourth-order valence-corrected chi connectivity index (χ4v) is 4.15. The Morgan fingerprint density at radius 1 is 1.12 bits per heavy atom. The van der Waals surface area contributed by atoms with E-state index in [0.29, 0.717) is 41.4 Å². The van der Waals surface area contributed by atoms with Crippen molar-refractivity contribution in [3.05, 3.63) is 60.9 Å². The summed E-state index contributed by atoms with van der Waals surface area (Å²) in [5.41, 5.74) is 10.1. The third-order valence-electron chi connectivity index (χ3n) is 5.71. The molecule has 3 heterocycles. The summed E-state index contributed by atoms with van der Waals surface area (Å²) in [5.74, 6) is 1.40. The van der Waals surface area contributed by atoms with Crippen LogP contribution in [0.25, 0.3) is 22.3 Å². The third kappa shape index (κ3) is 4.21. The number of hydroxylamine groups is 1. The molecule has 1 saturated heterocycles. The molecule has 1 amide bonds. The zero-order valence-corrected chi connectivity index (χ0v) is 17.8. The summed E-state index contributed by atoms with van der Waals surface area (Å²) in [6.45, 7) is 1.44. The number of amides is 1. The van der Waals surface area contributed by atoms with Crippen LogP contribution in [0.1, 0.15) is 12.5 Å². The van der Waals surface area contributed by atoms with Crippen molar-refractivity contribution in [3.63, 3.8) is 0 Å². The number of para-hydroxylation sites is 1. The average Bonchev–Trinajstić information content (AvgIpc) is 3.45. The van der Waals surface area contributed by atoms with Crippen LogP contribution in [0.2, 0.25) is 0 Å². The van der Waals surface area contributed by atoms with Gasteiger partial charge in [0.1, 0.15) is 29.3 Å². The SMILES string of the molecule is Nc1ncnc2c1c(-c1ccc(Oc3ccccc3)cc1)nn2C1CCN(CC(=O)NO)C1. The second-order valence-electron chi connectivity index (χ2n) is 7.90. The van der Waals surface area contributed by atoms with Gasteiger partial charge in [-0.1, -0.05) is 18.2 Å². The molecule has 10 nitrogen and oxygen atoms in total. The summed E-state index contributed by atoms with van der Waals surface area (Å²) >= 11 is 0. The number of nitrogens with zero attached hydrogens (tertiary/aromatic N) is 5. The molecule has 1 atom stereocenters. The minimum Gasteiger partial charge on any atom is -0.457 e. The van der Waals surface area contributed by atoms with Crippen LogP contribution in [0.5, 0.6) is 11.5 Å². The Bertz CT molecular complexity index is 1270. The predicted octanol–water partition coefficient (Wildman–Crippen LogP) is 2.62. The molecule has 33 heavy (non-hydrogen) atoms. The van der Waals surface area contributed by atoms with Crippen molar-refractivity contribution < 1.29 is 14.7 Å². The molecule has 4 aromatic rings. The number of fused-ring (bicyclic) bond motifs is 1. The van der Waals surface area contributed by atoms with Gasteiger partial charge in [-0.3, -0.25) is 14.9 Å². The van der Waals surface area contributed by atoms with Crippen LogP contribution in [-0.4, -0.2) is 55.4 Å². The van der Waals surface area contributed by atoms with Gasteiger partial charge in [-0.15, -0.1) is 0 Å². The molecule has 0 aliphatic carbocycles. The maximum Gasteiger partial charge on any atom is 0.257 e. The van der Waals surface area contributed by atoms with Gasteiger partial charge in [0.25, 0.3) is 5.91 Å². The van der Waals surface area contributed by atoms with Crippen molar-refractivity contribution in [3.8, 4) is 22.8 Å². The highest BCUT2D eigenvalue weighted by Gasteiger charge is 2.29. The molecule has 0 bridgehead atoms. The van der Waals surface area contributed by atoms with E-state index in [2.05, 4.69) is 9.97 Å². The van der Waals surface area contributed by atoms with E-state index in [9.17, 15) is 4.79 Å². The van der Waals surface area contributed by atoms with E-state index >= 15 is 0 Å². The van der Waals surface area contributed by atoms with Gasteiger partial charge in [0, 0.05) is 18.7 Å². The van der Waals surface area contributed by atoms with Gasteiger partial charge in [-0.2, -0.15) is 5.10 Å². The fourth-order valence-electron chi connectivity index (χ4n) is 4.15. The quantitative estimate of drug-likeness (QED) is 0.305. The molecule has 2 aromatic heterocycles. The maximum absolute atomic E-state index is 11.5. The first-order valence-corrected chi connectivity index (χ1v) is 10.6. The van der Waals surface area contributed by atoms with Crippen molar-refractivity contribution in [1.82, 2.24) is 30.1 Å². The summed E-state index contributed by atoms with van der Waals surface area (Å²) < 4.78 is 7.76. The number of nitrogen functional groups attached to an aromatic ring is 1. The normalized spacial score (nSPS) is 16.2. The van der Waals surface area contributed by atoms with Crippen LogP contribution in [0.3, 0.4) is 0 Å². The Morgan fingerprint density at radius 3 is 2.64 bits per heavy atom. The lowest BCUT2D eigenvalue weighted by molar-refractivity contribution is -0.130. The van der Waals surface area contributed by atoms with E-state index in [1.807, 2.05) is 64.2 Å². The molecule has 10 heteroatoms. The number of nitrogens with two attached hydrogens (primary N) is 1. The molecule has 0 radical (unpaired) electrons. The summed E-state index contributed by atoms with van der Waals surface area (Å²) in [7, 11) is 0. The Labute approximate surface area is 189 Å². The molecule has 168 valence electrons. The number of rotatable bonds is 6.